The fourth-order valence-corrected chi connectivity index (χ4v) is 2.28. The Morgan fingerprint density at radius 3 is 3.00 bits per heavy atom. The minimum atomic E-state index is -0.692. The summed E-state index contributed by atoms with van der Waals surface area (Å²) < 4.78 is 0.907. The highest BCUT2D eigenvalue weighted by atomic mass is 79.9. The van der Waals surface area contributed by atoms with Gasteiger partial charge in [-0.05, 0) is 35.2 Å². The molecule has 84 valence electrons. The van der Waals surface area contributed by atoms with Gasteiger partial charge in [0.2, 0.25) is 0 Å². The van der Waals surface area contributed by atoms with E-state index in [1.807, 2.05) is 19.2 Å². The number of hydrogen-bond donors (Lipinski definition) is 2. The molecular weight excluding hydrogens is 276 g/mol. The molecule has 0 aromatic carbocycles. The zero-order valence-electron chi connectivity index (χ0n) is 8.83. The zero-order chi connectivity index (χ0) is 11.3. The predicted molar refractivity (Wildman–Crippen MR) is 69.4 cm³/mol. The van der Waals surface area contributed by atoms with Crippen molar-refractivity contribution in [2.24, 2.45) is 0 Å². The Labute approximate surface area is 103 Å². The summed E-state index contributed by atoms with van der Waals surface area (Å²) in [6, 6.07) is 1.87. The van der Waals surface area contributed by atoms with Gasteiger partial charge in [-0.1, -0.05) is 0 Å². The van der Waals surface area contributed by atoms with Crippen LogP contribution in [-0.2, 0) is 0 Å². The molecule has 0 aliphatic carbocycles. The number of thioether (sulfide) groups is 1. The van der Waals surface area contributed by atoms with Gasteiger partial charge in [-0.15, -0.1) is 0 Å². The highest BCUT2D eigenvalue weighted by Crippen LogP contribution is 2.21. The Balaban J connectivity index is 2.53. The Morgan fingerprint density at radius 1 is 1.67 bits per heavy atom. The second kappa shape index (κ2) is 5.72. The van der Waals surface area contributed by atoms with Gasteiger partial charge in [-0.3, -0.25) is 4.98 Å². The fraction of sp³-hybridized carbons (Fsp3) is 0.500. The number of aliphatic hydroxyl groups is 1. The second-order valence-corrected chi connectivity index (χ2v) is 5.36. The van der Waals surface area contributed by atoms with Crippen molar-refractivity contribution in [3.8, 4) is 0 Å². The van der Waals surface area contributed by atoms with Crippen LogP contribution in [0.5, 0.6) is 0 Å². The topological polar surface area (TPSA) is 45.1 Å². The van der Waals surface area contributed by atoms with E-state index in [0.717, 1.165) is 10.2 Å². The number of halogens is 1. The van der Waals surface area contributed by atoms with Crippen molar-refractivity contribution in [1.29, 1.82) is 0 Å². The molecule has 0 aliphatic rings. The van der Waals surface area contributed by atoms with E-state index >= 15 is 0 Å². The third-order valence-corrected chi connectivity index (χ3v) is 3.43. The minimum Gasteiger partial charge on any atom is -0.387 e. The van der Waals surface area contributed by atoms with Crippen LogP contribution in [0.2, 0.25) is 0 Å². The molecular formula is C10H15BrN2OS. The maximum Gasteiger partial charge on any atom is 0.0880 e. The molecule has 0 saturated carbocycles. The van der Waals surface area contributed by atoms with Gasteiger partial charge in [-0.25, -0.2) is 0 Å². The molecule has 1 aromatic rings. The van der Waals surface area contributed by atoms with Crippen LogP contribution in [0.15, 0.2) is 22.9 Å². The molecule has 1 heterocycles. The molecule has 0 bridgehead atoms. The molecule has 1 unspecified atom stereocenters. The smallest absolute Gasteiger partial charge is 0.0880 e. The van der Waals surface area contributed by atoms with Gasteiger partial charge in [0, 0.05) is 24.7 Å². The first kappa shape index (κ1) is 12.8. The summed E-state index contributed by atoms with van der Waals surface area (Å²) in [6.07, 6.45) is 5.43. The standard InChI is InChI=1S/C10H15BrN2OS/c1-10(14,7-15-2)6-13-9-3-4-12-5-8(9)11/h3-5,14H,6-7H2,1-2H3,(H,12,13). The van der Waals surface area contributed by atoms with E-state index in [1.54, 1.807) is 24.2 Å². The normalized spacial score (nSPS) is 14.7. The van der Waals surface area contributed by atoms with Gasteiger partial charge < -0.3 is 10.4 Å². The number of hydrogen-bond acceptors (Lipinski definition) is 4. The van der Waals surface area contributed by atoms with Crippen LogP contribution in [0.4, 0.5) is 5.69 Å². The van der Waals surface area contributed by atoms with Crippen molar-refractivity contribution in [2.75, 3.05) is 23.9 Å². The molecule has 0 aliphatic heterocycles. The van der Waals surface area contributed by atoms with E-state index in [1.165, 1.54) is 0 Å². The first-order valence-corrected chi connectivity index (χ1v) is 6.78. The van der Waals surface area contributed by atoms with E-state index in [4.69, 9.17) is 0 Å². The van der Waals surface area contributed by atoms with Crippen molar-refractivity contribution in [2.45, 2.75) is 12.5 Å². The number of aromatic nitrogens is 1. The lowest BCUT2D eigenvalue weighted by molar-refractivity contribution is 0.0997. The average Bonchev–Trinajstić information content (AvgIpc) is 2.16. The SMILES string of the molecule is CSCC(C)(O)CNc1ccncc1Br. The van der Waals surface area contributed by atoms with Crippen molar-refractivity contribution >= 4 is 33.4 Å². The predicted octanol–water partition coefficient (Wildman–Crippen LogP) is 2.37. The molecule has 15 heavy (non-hydrogen) atoms. The zero-order valence-corrected chi connectivity index (χ0v) is 11.2. The van der Waals surface area contributed by atoms with Crippen LogP contribution in [0.25, 0.3) is 0 Å². The highest BCUT2D eigenvalue weighted by Gasteiger charge is 2.19. The largest absolute Gasteiger partial charge is 0.387 e. The van der Waals surface area contributed by atoms with Crippen molar-refractivity contribution < 1.29 is 5.11 Å². The van der Waals surface area contributed by atoms with Gasteiger partial charge in [0.05, 0.1) is 15.8 Å². The molecule has 1 atom stereocenters. The number of pyridine rings is 1. The number of anilines is 1. The summed E-state index contributed by atoms with van der Waals surface area (Å²) in [5.41, 5.74) is 0.258. The summed E-state index contributed by atoms with van der Waals surface area (Å²) in [5.74, 6) is 0.711. The summed E-state index contributed by atoms with van der Waals surface area (Å²) in [5, 5.41) is 13.1. The fourth-order valence-electron chi connectivity index (χ4n) is 1.17. The van der Waals surface area contributed by atoms with Gasteiger partial charge in [0.1, 0.15) is 0 Å². The van der Waals surface area contributed by atoms with Gasteiger partial charge in [0.25, 0.3) is 0 Å². The first-order valence-electron chi connectivity index (χ1n) is 4.60. The van der Waals surface area contributed by atoms with E-state index < -0.39 is 5.60 Å². The monoisotopic (exact) mass is 290 g/mol. The lowest BCUT2D eigenvalue weighted by Gasteiger charge is -2.23. The molecule has 1 aromatic heterocycles. The third-order valence-electron chi connectivity index (χ3n) is 1.89. The Morgan fingerprint density at radius 2 is 2.40 bits per heavy atom. The van der Waals surface area contributed by atoms with E-state index in [-0.39, 0.29) is 0 Å². The van der Waals surface area contributed by atoms with E-state index in [0.29, 0.717) is 12.3 Å². The number of nitrogens with one attached hydrogen (secondary N) is 1. The average molecular weight is 291 g/mol. The van der Waals surface area contributed by atoms with E-state index in [2.05, 4.69) is 26.2 Å². The third kappa shape index (κ3) is 4.40. The Hall–Kier alpha value is -0.260. The highest BCUT2D eigenvalue weighted by molar-refractivity contribution is 9.10. The van der Waals surface area contributed by atoms with Crippen molar-refractivity contribution in [3.05, 3.63) is 22.9 Å². The summed E-state index contributed by atoms with van der Waals surface area (Å²) in [6.45, 7) is 2.35. The molecule has 0 spiro atoms. The van der Waals surface area contributed by atoms with Crippen molar-refractivity contribution in [1.82, 2.24) is 4.98 Å². The number of nitrogens with zero attached hydrogens (tertiary/aromatic N) is 1. The van der Waals surface area contributed by atoms with Crippen LogP contribution in [0.3, 0.4) is 0 Å². The number of rotatable bonds is 5. The van der Waals surface area contributed by atoms with Gasteiger partial charge in [0.15, 0.2) is 0 Å². The molecule has 1 rings (SSSR count). The van der Waals surface area contributed by atoms with Crippen LogP contribution >= 0.6 is 27.7 Å². The molecule has 0 amide bonds. The summed E-state index contributed by atoms with van der Waals surface area (Å²) >= 11 is 5.02. The van der Waals surface area contributed by atoms with Crippen molar-refractivity contribution in [3.63, 3.8) is 0 Å². The van der Waals surface area contributed by atoms with Crippen LogP contribution in [0.1, 0.15) is 6.92 Å². The van der Waals surface area contributed by atoms with Gasteiger partial charge in [-0.2, -0.15) is 11.8 Å². The molecule has 2 N–H and O–H groups in total. The molecule has 5 heteroatoms. The van der Waals surface area contributed by atoms with Crippen LogP contribution in [-0.4, -0.2) is 34.2 Å². The summed E-state index contributed by atoms with van der Waals surface area (Å²) in [7, 11) is 0. The van der Waals surface area contributed by atoms with Crippen LogP contribution < -0.4 is 5.32 Å². The lowest BCUT2D eigenvalue weighted by atomic mass is 10.1. The van der Waals surface area contributed by atoms with Gasteiger partial charge >= 0.3 is 0 Å². The van der Waals surface area contributed by atoms with Crippen LogP contribution in [0, 0.1) is 0 Å². The summed E-state index contributed by atoms with van der Waals surface area (Å²) in [4.78, 5) is 3.97. The molecule has 3 nitrogen and oxygen atoms in total. The Kier molecular flexibility index (Phi) is 4.89. The minimum absolute atomic E-state index is 0.524. The quantitative estimate of drug-likeness (QED) is 0.874. The molecule has 0 radical (unpaired) electrons. The molecule has 0 fully saturated rings. The second-order valence-electron chi connectivity index (χ2n) is 3.64. The van der Waals surface area contributed by atoms with E-state index in [9.17, 15) is 5.11 Å². The molecule has 0 saturated heterocycles. The first-order chi connectivity index (χ1) is 7.05. The maximum atomic E-state index is 9.95. The lowest BCUT2D eigenvalue weighted by Crippen LogP contribution is -2.36. The maximum absolute atomic E-state index is 9.95. The Bertz CT molecular complexity index is 320.